The third-order valence-corrected chi connectivity index (χ3v) is 8.08. The number of pyridine rings is 1. The average molecular weight is 582 g/mol. The van der Waals surface area contributed by atoms with Crippen molar-refractivity contribution in [2.75, 3.05) is 19.7 Å². The van der Waals surface area contributed by atoms with Crippen LogP contribution in [0.2, 0.25) is 0 Å². The van der Waals surface area contributed by atoms with E-state index >= 15 is 0 Å². The highest BCUT2D eigenvalue weighted by molar-refractivity contribution is 5.81. The molecule has 0 bridgehead atoms. The van der Waals surface area contributed by atoms with Crippen molar-refractivity contribution in [2.24, 2.45) is 0 Å². The fourth-order valence-electron chi connectivity index (χ4n) is 5.67. The summed E-state index contributed by atoms with van der Waals surface area (Å²) in [4.78, 5) is 26.2. The number of hydrogen-bond acceptors (Lipinski definition) is 9. The molecule has 1 unspecified atom stereocenters. The maximum absolute atomic E-state index is 14.3. The third kappa shape index (κ3) is 5.64. The molecule has 11 nitrogen and oxygen atoms in total. The predicted octanol–water partition coefficient (Wildman–Crippen LogP) is 4.14. The molecule has 0 amide bonds. The van der Waals surface area contributed by atoms with E-state index in [-0.39, 0.29) is 24.2 Å². The minimum atomic E-state index is -0.595. The number of nitrogens with zero attached hydrogens (tertiary/aromatic N) is 6. The molecule has 12 heteroatoms. The van der Waals surface area contributed by atoms with Crippen molar-refractivity contribution in [3.63, 3.8) is 0 Å². The van der Waals surface area contributed by atoms with Crippen LogP contribution in [0.5, 0.6) is 5.88 Å². The molecule has 0 aliphatic carbocycles. The number of fused-ring (bicyclic) bond motifs is 1. The number of likely N-dealkylation sites (tertiary alicyclic amines) is 1. The van der Waals surface area contributed by atoms with Crippen molar-refractivity contribution in [3.05, 3.63) is 93.6 Å². The van der Waals surface area contributed by atoms with Crippen LogP contribution >= 0.6 is 0 Å². The standard InChI is InChI=1S/C31H28FN7O4/c32-24-12-19(14-33)4-5-22(24)18-42-29-3-1-2-25(35-29)21-8-10-38(15-21)17-28-34-26-7-6-20(30-36-31(40)43-37-30)13-27(26)39(28)16-23-9-11-41-23/h1-7,12-13,21,23H,8-11,15-18H2,(H,36,37,40)/t21?,23-/m0/s1. The lowest BCUT2D eigenvalue weighted by molar-refractivity contribution is -0.0591. The molecule has 2 saturated heterocycles. The van der Waals surface area contributed by atoms with Gasteiger partial charge in [-0.05, 0) is 55.8 Å². The first kappa shape index (κ1) is 27.0. The molecular weight excluding hydrogens is 553 g/mol. The van der Waals surface area contributed by atoms with Gasteiger partial charge in [0.2, 0.25) is 5.88 Å². The zero-order valence-corrected chi connectivity index (χ0v) is 23.2. The molecule has 7 rings (SSSR count). The molecular formula is C31H28FN7O4. The molecule has 2 aliphatic rings. The molecule has 0 radical (unpaired) electrons. The van der Waals surface area contributed by atoms with Gasteiger partial charge in [-0.3, -0.25) is 14.4 Å². The largest absolute Gasteiger partial charge is 0.473 e. The summed E-state index contributed by atoms with van der Waals surface area (Å²) in [5.41, 5.74) is 4.14. The van der Waals surface area contributed by atoms with E-state index in [0.717, 1.165) is 60.7 Å². The molecule has 2 aliphatic heterocycles. The number of aromatic amines is 1. The maximum Gasteiger partial charge on any atom is 0.439 e. The van der Waals surface area contributed by atoms with E-state index in [1.807, 2.05) is 36.4 Å². The van der Waals surface area contributed by atoms with Gasteiger partial charge in [-0.25, -0.2) is 19.2 Å². The van der Waals surface area contributed by atoms with Crippen LogP contribution in [0.3, 0.4) is 0 Å². The minimum absolute atomic E-state index is 0.0279. The van der Waals surface area contributed by atoms with Crippen LogP contribution in [0.4, 0.5) is 4.39 Å². The van der Waals surface area contributed by atoms with Crippen LogP contribution < -0.4 is 10.5 Å². The molecule has 2 fully saturated rings. The number of nitriles is 1. The zero-order valence-electron chi connectivity index (χ0n) is 23.2. The van der Waals surface area contributed by atoms with Gasteiger partial charge in [0.1, 0.15) is 18.2 Å². The first-order valence-electron chi connectivity index (χ1n) is 14.2. The molecule has 5 heterocycles. The second-order valence-corrected chi connectivity index (χ2v) is 10.9. The van der Waals surface area contributed by atoms with Crippen LogP contribution in [-0.2, 0) is 24.4 Å². The first-order chi connectivity index (χ1) is 21.0. The van der Waals surface area contributed by atoms with Crippen LogP contribution in [0, 0.1) is 17.1 Å². The first-order valence-corrected chi connectivity index (χ1v) is 14.2. The molecule has 0 saturated carbocycles. The molecule has 3 aromatic heterocycles. The Kier molecular flexibility index (Phi) is 7.18. The van der Waals surface area contributed by atoms with E-state index in [4.69, 9.17) is 29.2 Å². The number of imidazole rings is 1. The van der Waals surface area contributed by atoms with Crippen molar-refractivity contribution < 1.29 is 18.4 Å². The van der Waals surface area contributed by atoms with Gasteiger partial charge < -0.3 is 14.0 Å². The Bertz CT molecular complexity index is 1890. The Hall–Kier alpha value is -4.86. The highest BCUT2D eigenvalue weighted by atomic mass is 19.1. The van der Waals surface area contributed by atoms with Crippen molar-refractivity contribution in [3.8, 4) is 23.3 Å². The summed E-state index contributed by atoms with van der Waals surface area (Å²) in [6, 6.07) is 17.7. The third-order valence-electron chi connectivity index (χ3n) is 8.08. The Morgan fingerprint density at radius 1 is 1.14 bits per heavy atom. The number of aromatic nitrogens is 5. The Balaban J connectivity index is 1.06. The van der Waals surface area contributed by atoms with E-state index in [0.29, 0.717) is 30.4 Å². The quantitative estimate of drug-likeness (QED) is 0.272. The summed E-state index contributed by atoms with van der Waals surface area (Å²) in [5.74, 6) is 0.920. The molecule has 218 valence electrons. The van der Waals surface area contributed by atoms with Gasteiger partial charge in [-0.1, -0.05) is 17.3 Å². The van der Waals surface area contributed by atoms with E-state index < -0.39 is 11.6 Å². The number of H-pyrrole nitrogens is 1. The number of nitrogens with one attached hydrogen (secondary N) is 1. The molecule has 2 aromatic carbocycles. The lowest BCUT2D eigenvalue weighted by Crippen LogP contribution is -2.32. The Labute approximate surface area is 245 Å². The molecule has 2 atom stereocenters. The summed E-state index contributed by atoms with van der Waals surface area (Å²) < 4.78 is 32.8. The topological polar surface area (TPSA) is 135 Å². The van der Waals surface area contributed by atoms with Gasteiger partial charge in [-0.2, -0.15) is 5.26 Å². The van der Waals surface area contributed by atoms with Gasteiger partial charge in [0.05, 0.1) is 41.9 Å². The monoisotopic (exact) mass is 581 g/mol. The summed E-state index contributed by atoms with van der Waals surface area (Å²) in [5, 5.41) is 12.8. The number of halogens is 1. The van der Waals surface area contributed by atoms with Crippen LogP contribution in [0.1, 0.15) is 41.4 Å². The van der Waals surface area contributed by atoms with Gasteiger partial charge in [0, 0.05) is 42.0 Å². The lowest BCUT2D eigenvalue weighted by atomic mass is 10.0. The van der Waals surface area contributed by atoms with Crippen LogP contribution in [0.15, 0.2) is 63.9 Å². The second kappa shape index (κ2) is 11.4. The van der Waals surface area contributed by atoms with Crippen molar-refractivity contribution >= 4 is 11.0 Å². The number of hydrogen-bond donors (Lipinski definition) is 1. The summed E-state index contributed by atoms with van der Waals surface area (Å²) in [7, 11) is 0. The summed E-state index contributed by atoms with van der Waals surface area (Å²) >= 11 is 0. The van der Waals surface area contributed by atoms with Crippen molar-refractivity contribution in [1.82, 2.24) is 29.6 Å². The maximum atomic E-state index is 14.3. The molecule has 5 aromatic rings. The summed E-state index contributed by atoms with van der Waals surface area (Å²) in [6.45, 7) is 3.87. The van der Waals surface area contributed by atoms with Crippen molar-refractivity contribution in [2.45, 2.75) is 44.6 Å². The van der Waals surface area contributed by atoms with E-state index in [2.05, 4.69) is 19.6 Å². The number of rotatable bonds is 9. The molecule has 1 N–H and O–H groups in total. The molecule has 0 spiro atoms. The Morgan fingerprint density at radius 3 is 2.81 bits per heavy atom. The fraction of sp³-hybridized carbons (Fsp3) is 0.323. The summed E-state index contributed by atoms with van der Waals surface area (Å²) in [6.07, 6.45) is 2.09. The highest BCUT2D eigenvalue weighted by Crippen LogP contribution is 2.30. The lowest BCUT2D eigenvalue weighted by Gasteiger charge is -2.28. The number of benzene rings is 2. The van der Waals surface area contributed by atoms with Gasteiger partial charge in [0.15, 0.2) is 5.82 Å². The van der Waals surface area contributed by atoms with Gasteiger partial charge >= 0.3 is 5.76 Å². The van der Waals surface area contributed by atoms with Gasteiger partial charge in [-0.15, -0.1) is 0 Å². The predicted molar refractivity (Wildman–Crippen MR) is 153 cm³/mol. The average Bonchev–Trinajstić information content (AvgIpc) is 3.73. The second-order valence-electron chi connectivity index (χ2n) is 10.9. The van der Waals surface area contributed by atoms with E-state index in [9.17, 15) is 9.18 Å². The smallest absolute Gasteiger partial charge is 0.439 e. The number of ether oxygens (including phenoxy) is 2. The SMILES string of the molecule is N#Cc1ccc(COc2cccc(C3CCN(Cc4nc5ccc(-c6noc(=O)[nH]6)cc5n4C[C@@H]4CCO4)C3)n2)c(F)c1. The zero-order chi connectivity index (χ0) is 29.3. The Morgan fingerprint density at radius 2 is 2.05 bits per heavy atom. The van der Waals surface area contributed by atoms with Crippen molar-refractivity contribution in [1.29, 1.82) is 5.26 Å². The normalized spacial score (nSPS) is 18.5. The van der Waals surface area contributed by atoms with Crippen LogP contribution in [-0.4, -0.2) is 55.4 Å². The minimum Gasteiger partial charge on any atom is -0.473 e. The highest BCUT2D eigenvalue weighted by Gasteiger charge is 2.28. The molecule has 43 heavy (non-hydrogen) atoms. The van der Waals surface area contributed by atoms with Gasteiger partial charge in [0.25, 0.3) is 0 Å². The van der Waals surface area contributed by atoms with E-state index in [1.165, 1.54) is 6.07 Å². The fourth-order valence-corrected chi connectivity index (χ4v) is 5.67. The van der Waals surface area contributed by atoms with E-state index in [1.54, 1.807) is 18.2 Å². The van der Waals surface area contributed by atoms with Crippen LogP contribution in [0.25, 0.3) is 22.4 Å².